The Morgan fingerprint density at radius 1 is 0.769 bits per heavy atom. The molecule has 0 spiro atoms. The minimum absolute atomic E-state index is 0.128. The van der Waals surface area contributed by atoms with Crippen molar-refractivity contribution < 1.29 is 18.4 Å². The van der Waals surface area contributed by atoms with Gasteiger partial charge in [0.15, 0.2) is 0 Å². The molecule has 0 aromatic carbocycles. The molecule has 2 heterocycles. The first-order valence-corrected chi connectivity index (χ1v) is 8.73. The second kappa shape index (κ2) is 11.5. The van der Waals surface area contributed by atoms with Gasteiger partial charge in [0.1, 0.15) is 11.5 Å². The third-order valence-electron chi connectivity index (χ3n) is 3.59. The Morgan fingerprint density at radius 3 is 1.62 bits per heavy atom. The summed E-state index contributed by atoms with van der Waals surface area (Å²) in [5, 5.41) is 5.66. The van der Waals surface area contributed by atoms with Crippen molar-refractivity contribution in [2.75, 3.05) is 13.1 Å². The summed E-state index contributed by atoms with van der Waals surface area (Å²) < 4.78 is 10.2. The topological polar surface area (TPSA) is 84.5 Å². The van der Waals surface area contributed by atoms with Gasteiger partial charge in [0.05, 0.1) is 12.5 Å². The van der Waals surface area contributed by atoms with Crippen LogP contribution >= 0.6 is 0 Å². The molecule has 0 saturated heterocycles. The number of nitrogens with one attached hydrogen (secondary N) is 2. The lowest BCUT2D eigenvalue weighted by molar-refractivity contribution is -0.117. The first-order chi connectivity index (χ1) is 12.7. The van der Waals surface area contributed by atoms with Crippen molar-refractivity contribution in [1.82, 2.24) is 10.6 Å². The quantitative estimate of drug-likeness (QED) is 0.477. The molecule has 2 aromatic heterocycles. The van der Waals surface area contributed by atoms with Gasteiger partial charge in [0.2, 0.25) is 11.8 Å². The molecule has 0 unspecified atom stereocenters. The van der Waals surface area contributed by atoms with Crippen LogP contribution in [0.5, 0.6) is 0 Å². The Kier molecular flexibility index (Phi) is 8.55. The van der Waals surface area contributed by atoms with Gasteiger partial charge in [0.25, 0.3) is 0 Å². The summed E-state index contributed by atoms with van der Waals surface area (Å²) in [5.74, 6) is 1.05. The van der Waals surface area contributed by atoms with Gasteiger partial charge in [-0.1, -0.05) is 12.8 Å². The first kappa shape index (κ1) is 19.3. The molecule has 2 N–H and O–H groups in total. The van der Waals surface area contributed by atoms with Crippen molar-refractivity contribution in [2.24, 2.45) is 0 Å². The lowest BCUT2D eigenvalue weighted by Crippen LogP contribution is -2.23. The summed E-state index contributed by atoms with van der Waals surface area (Å²) in [6, 6.07) is 7.12. The average Bonchev–Trinajstić information content (AvgIpc) is 3.34. The molecule has 0 atom stereocenters. The van der Waals surface area contributed by atoms with E-state index in [4.69, 9.17) is 8.83 Å². The van der Waals surface area contributed by atoms with E-state index in [1.807, 2.05) is 0 Å². The van der Waals surface area contributed by atoms with Crippen LogP contribution in [0.25, 0.3) is 12.2 Å². The van der Waals surface area contributed by atoms with Crippen LogP contribution < -0.4 is 10.6 Å². The second-order valence-corrected chi connectivity index (χ2v) is 5.69. The van der Waals surface area contributed by atoms with Gasteiger partial charge >= 0.3 is 0 Å². The molecular weight excluding hydrogens is 332 g/mol. The van der Waals surface area contributed by atoms with E-state index in [2.05, 4.69) is 10.6 Å². The molecular formula is C20H24N2O4. The molecule has 0 fully saturated rings. The average molecular weight is 356 g/mol. The number of hydrogen-bond acceptors (Lipinski definition) is 4. The van der Waals surface area contributed by atoms with E-state index in [0.717, 1.165) is 25.7 Å². The number of carbonyl (C=O) groups excluding carboxylic acids is 2. The van der Waals surface area contributed by atoms with Gasteiger partial charge in [-0.05, 0) is 49.3 Å². The molecule has 2 aromatic rings. The van der Waals surface area contributed by atoms with Crippen LogP contribution in [0, 0.1) is 0 Å². The van der Waals surface area contributed by atoms with Crippen LogP contribution in [0.4, 0.5) is 0 Å². The van der Waals surface area contributed by atoms with E-state index in [-0.39, 0.29) is 11.8 Å². The zero-order valence-corrected chi connectivity index (χ0v) is 14.6. The fourth-order valence-electron chi connectivity index (χ4n) is 2.23. The molecule has 26 heavy (non-hydrogen) atoms. The van der Waals surface area contributed by atoms with E-state index in [1.165, 1.54) is 12.2 Å². The number of furan rings is 2. The monoisotopic (exact) mass is 356 g/mol. The standard InChI is InChI=1S/C20H24N2O4/c23-19(11-9-17-7-5-15-25-17)21-13-3-1-2-4-14-22-20(24)12-10-18-8-6-16-26-18/h5-12,15-16H,1-4,13-14H2,(H,21,23)(H,22,24). The maximum atomic E-state index is 11.6. The predicted octanol–water partition coefficient (Wildman–Crippen LogP) is 3.39. The number of carbonyl (C=O) groups is 2. The molecule has 0 radical (unpaired) electrons. The van der Waals surface area contributed by atoms with Crippen LogP contribution in [0.3, 0.4) is 0 Å². The number of amides is 2. The Bertz CT molecular complexity index is 638. The third-order valence-corrected chi connectivity index (χ3v) is 3.59. The van der Waals surface area contributed by atoms with Crippen LogP contribution in [0.1, 0.15) is 37.2 Å². The predicted molar refractivity (Wildman–Crippen MR) is 100.0 cm³/mol. The number of rotatable bonds is 11. The minimum atomic E-state index is -0.128. The first-order valence-electron chi connectivity index (χ1n) is 8.73. The van der Waals surface area contributed by atoms with Gasteiger partial charge in [-0.15, -0.1) is 0 Å². The zero-order valence-electron chi connectivity index (χ0n) is 14.6. The van der Waals surface area contributed by atoms with Crippen molar-refractivity contribution in [3.05, 3.63) is 60.5 Å². The molecule has 2 rings (SSSR count). The van der Waals surface area contributed by atoms with Gasteiger partial charge in [0, 0.05) is 25.2 Å². The molecule has 138 valence electrons. The van der Waals surface area contributed by atoms with Gasteiger partial charge < -0.3 is 19.5 Å². The van der Waals surface area contributed by atoms with Crippen molar-refractivity contribution in [1.29, 1.82) is 0 Å². The molecule has 2 amide bonds. The van der Waals surface area contributed by atoms with E-state index in [1.54, 1.807) is 48.9 Å². The lowest BCUT2D eigenvalue weighted by Gasteiger charge is -2.04. The van der Waals surface area contributed by atoms with E-state index in [0.29, 0.717) is 24.6 Å². The molecule has 0 bridgehead atoms. The summed E-state index contributed by atoms with van der Waals surface area (Å²) in [7, 11) is 0. The Hall–Kier alpha value is -3.02. The Balaban J connectivity index is 1.43. The summed E-state index contributed by atoms with van der Waals surface area (Å²) in [5.41, 5.74) is 0. The molecule has 0 saturated carbocycles. The van der Waals surface area contributed by atoms with Gasteiger partial charge in [-0.2, -0.15) is 0 Å². The zero-order chi connectivity index (χ0) is 18.5. The van der Waals surface area contributed by atoms with Gasteiger partial charge in [-0.25, -0.2) is 0 Å². The Morgan fingerprint density at radius 2 is 1.23 bits per heavy atom. The molecule has 0 aliphatic carbocycles. The fourth-order valence-corrected chi connectivity index (χ4v) is 2.23. The van der Waals surface area contributed by atoms with Crippen molar-refractivity contribution in [3.63, 3.8) is 0 Å². The van der Waals surface area contributed by atoms with Crippen molar-refractivity contribution in [3.8, 4) is 0 Å². The summed E-state index contributed by atoms with van der Waals surface area (Å²) >= 11 is 0. The van der Waals surface area contributed by atoms with Crippen molar-refractivity contribution in [2.45, 2.75) is 25.7 Å². The highest BCUT2D eigenvalue weighted by Gasteiger charge is 1.98. The number of hydrogen-bond donors (Lipinski definition) is 2. The highest BCUT2D eigenvalue weighted by molar-refractivity contribution is 5.91. The molecule has 0 aliphatic heterocycles. The summed E-state index contributed by atoms with van der Waals surface area (Å²) in [6.45, 7) is 1.28. The maximum absolute atomic E-state index is 11.6. The Labute approximate surface area is 153 Å². The minimum Gasteiger partial charge on any atom is -0.465 e. The van der Waals surface area contributed by atoms with Gasteiger partial charge in [-0.3, -0.25) is 9.59 Å². The van der Waals surface area contributed by atoms with E-state index < -0.39 is 0 Å². The highest BCUT2D eigenvalue weighted by Crippen LogP contribution is 2.03. The van der Waals surface area contributed by atoms with Crippen molar-refractivity contribution >= 4 is 24.0 Å². The maximum Gasteiger partial charge on any atom is 0.244 e. The van der Waals surface area contributed by atoms with E-state index in [9.17, 15) is 9.59 Å². The lowest BCUT2D eigenvalue weighted by atomic mass is 10.2. The largest absolute Gasteiger partial charge is 0.465 e. The molecule has 6 heteroatoms. The van der Waals surface area contributed by atoms with E-state index >= 15 is 0 Å². The SMILES string of the molecule is O=C(C=Cc1ccco1)NCCCCCCNC(=O)C=Cc1ccco1. The normalized spacial score (nSPS) is 11.2. The molecule has 6 nitrogen and oxygen atoms in total. The summed E-state index contributed by atoms with van der Waals surface area (Å²) in [6.07, 6.45) is 13.1. The van der Waals surface area contributed by atoms with Crippen LogP contribution in [0.2, 0.25) is 0 Å². The fraction of sp³-hybridized carbons (Fsp3) is 0.300. The number of unbranched alkanes of at least 4 members (excludes halogenated alkanes) is 3. The van der Waals surface area contributed by atoms with Crippen LogP contribution in [0.15, 0.2) is 57.8 Å². The summed E-state index contributed by atoms with van der Waals surface area (Å²) in [4.78, 5) is 23.2. The molecule has 0 aliphatic rings. The smallest absolute Gasteiger partial charge is 0.244 e. The second-order valence-electron chi connectivity index (χ2n) is 5.69. The van der Waals surface area contributed by atoms with Crippen LogP contribution in [-0.2, 0) is 9.59 Å². The highest BCUT2D eigenvalue weighted by atomic mass is 16.3. The third kappa shape index (κ3) is 8.19. The van der Waals surface area contributed by atoms with Crippen LogP contribution in [-0.4, -0.2) is 24.9 Å².